The summed E-state index contributed by atoms with van der Waals surface area (Å²) in [7, 11) is 0. The maximum absolute atomic E-state index is 12.3. The predicted octanol–water partition coefficient (Wildman–Crippen LogP) is 4.96. The number of hydrogen-bond donors (Lipinski definition) is 1. The molecule has 0 saturated carbocycles. The van der Waals surface area contributed by atoms with E-state index in [4.69, 9.17) is 4.52 Å². The fraction of sp³-hybridized carbons (Fsp3) is 0.0455. The normalized spacial score (nSPS) is 10.6. The molecule has 0 bridgehead atoms. The molecule has 5 nitrogen and oxygen atoms in total. The molecule has 0 spiro atoms. The van der Waals surface area contributed by atoms with E-state index in [1.165, 1.54) is 0 Å². The maximum Gasteiger partial charge on any atom is 0.258 e. The number of nitrogens with one attached hydrogen (secondary N) is 1. The number of nitrogens with zero attached hydrogens (tertiary/aromatic N) is 2. The van der Waals surface area contributed by atoms with Crippen molar-refractivity contribution in [1.82, 2.24) is 10.1 Å². The SMILES string of the molecule is Cc1ccc(C(=O)Nc2ccc(-c3nc(-c4ccccc4)no3)cc2)cc1. The van der Waals surface area contributed by atoms with Crippen LogP contribution in [0.2, 0.25) is 0 Å². The summed E-state index contributed by atoms with van der Waals surface area (Å²) >= 11 is 0. The van der Waals surface area contributed by atoms with E-state index < -0.39 is 0 Å². The lowest BCUT2D eigenvalue weighted by Crippen LogP contribution is -2.11. The molecule has 0 atom stereocenters. The van der Waals surface area contributed by atoms with Gasteiger partial charge in [-0.15, -0.1) is 0 Å². The van der Waals surface area contributed by atoms with Crippen LogP contribution in [0.15, 0.2) is 83.4 Å². The minimum atomic E-state index is -0.146. The number of benzene rings is 3. The fourth-order valence-corrected chi connectivity index (χ4v) is 2.65. The van der Waals surface area contributed by atoms with Gasteiger partial charge in [-0.05, 0) is 43.3 Å². The largest absolute Gasteiger partial charge is 0.334 e. The molecule has 0 unspecified atom stereocenters. The second kappa shape index (κ2) is 7.25. The summed E-state index contributed by atoms with van der Waals surface area (Å²) in [6, 6.07) is 24.4. The van der Waals surface area contributed by atoms with Crippen LogP contribution in [0.25, 0.3) is 22.8 Å². The van der Waals surface area contributed by atoms with E-state index in [2.05, 4.69) is 15.5 Å². The summed E-state index contributed by atoms with van der Waals surface area (Å²) in [5, 5.41) is 6.91. The highest BCUT2D eigenvalue weighted by atomic mass is 16.5. The quantitative estimate of drug-likeness (QED) is 0.561. The van der Waals surface area contributed by atoms with E-state index >= 15 is 0 Å². The zero-order valence-corrected chi connectivity index (χ0v) is 14.7. The molecular weight excluding hydrogens is 338 g/mol. The van der Waals surface area contributed by atoms with E-state index in [1.54, 1.807) is 0 Å². The lowest BCUT2D eigenvalue weighted by molar-refractivity contribution is 0.102. The van der Waals surface area contributed by atoms with Crippen LogP contribution in [0.1, 0.15) is 15.9 Å². The molecule has 0 aliphatic carbocycles. The molecule has 3 aromatic carbocycles. The average molecular weight is 355 g/mol. The van der Waals surface area contributed by atoms with Crippen molar-refractivity contribution in [3.63, 3.8) is 0 Å². The first-order chi connectivity index (χ1) is 13.2. The van der Waals surface area contributed by atoms with Crippen molar-refractivity contribution in [3.05, 3.63) is 90.0 Å². The Bertz CT molecular complexity index is 1050. The molecular formula is C22H17N3O2. The van der Waals surface area contributed by atoms with Gasteiger partial charge in [0.2, 0.25) is 5.82 Å². The van der Waals surface area contributed by atoms with E-state index in [0.717, 1.165) is 16.7 Å². The van der Waals surface area contributed by atoms with Crippen molar-refractivity contribution >= 4 is 11.6 Å². The van der Waals surface area contributed by atoms with Gasteiger partial charge in [0.1, 0.15) is 0 Å². The monoisotopic (exact) mass is 355 g/mol. The van der Waals surface area contributed by atoms with Crippen LogP contribution in [0, 0.1) is 6.92 Å². The molecule has 1 N–H and O–H groups in total. The van der Waals surface area contributed by atoms with Gasteiger partial charge in [-0.2, -0.15) is 4.98 Å². The molecule has 27 heavy (non-hydrogen) atoms. The van der Waals surface area contributed by atoms with Gasteiger partial charge in [0, 0.05) is 22.4 Å². The van der Waals surface area contributed by atoms with Crippen molar-refractivity contribution in [1.29, 1.82) is 0 Å². The molecule has 132 valence electrons. The van der Waals surface area contributed by atoms with Gasteiger partial charge in [-0.25, -0.2) is 0 Å². The van der Waals surface area contributed by atoms with Crippen molar-refractivity contribution in [2.45, 2.75) is 6.92 Å². The van der Waals surface area contributed by atoms with Gasteiger partial charge in [0.25, 0.3) is 11.8 Å². The zero-order chi connectivity index (χ0) is 18.6. The Morgan fingerprint density at radius 2 is 1.56 bits per heavy atom. The summed E-state index contributed by atoms with van der Waals surface area (Å²) in [4.78, 5) is 16.7. The number of anilines is 1. The highest BCUT2D eigenvalue weighted by Gasteiger charge is 2.11. The molecule has 4 aromatic rings. The lowest BCUT2D eigenvalue weighted by atomic mass is 10.1. The van der Waals surface area contributed by atoms with Gasteiger partial charge in [-0.3, -0.25) is 4.79 Å². The summed E-state index contributed by atoms with van der Waals surface area (Å²) in [5.41, 5.74) is 4.12. The number of amides is 1. The summed E-state index contributed by atoms with van der Waals surface area (Å²) in [6.07, 6.45) is 0. The lowest BCUT2D eigenvalue weighted by Gasteiger charge is -2.06. The first-order valence-corrected chi connectivity index (χ1v) is 8.57. The van der Waals surface area contributed by atoms with Crippen LogP contribution in [0.4, 0.5) is 5.69 Å². The fourth-order valence-electron chi connectivity index (χ4n) is 2.65. The van der Waals surface area contributed by atoms with E-state index in [-0.39, 0.29) is 5.91 Å². The van der Waals surface area contributed by atoms with Crippen molar-refractivity contribution in [2.75, 3.05) is 5.32 Å². The van der Waals surface area contributed by atoms with Crippen molar-refractivity contribution < 1.29 is 9.32 Å². The van der Waals surface area contributed by atoms with Crippen LogP contribution < -0.4 is 5.32 Å². The first kappa shape index (κ1) is 16.7. The number of rotatable bonds is 4. The molecule has 0 aliphatic heterocycles. The second-order valence-electron chi connectivity index (χ2n) is 6.19. The molecule has 1 heterocycles. The van der Waals surface area contributed by atoms with Gasteiger partial charge < -0.3 is 9.84 Å². The Kier molecular flexibility index (Phi) is 4.49. The summed E-state index contributed by atoms with van der Waals surface area (Å²) in [5.74, 6) is 0.833. The number of aromatic nitrogens is 2. The highest BCUT2D eigenvalue weighted by Crippen LogP contribution is 2.23. The maximum atomic E-state index is 12.3. The number of hydrogen-bond acceptors (Lipinski definition) is 4. The van der Waals surface area contributed by atoms with Crippen LogP contribution in [0.5, 0.6) is 0 Å². The minimum absolute atomic E-state index is 0.146. The van der Waals surface area contributed by atoms with Crippen LogP contribution in [-0.2, 0) is 0 Å². The molecule has 0 radical (unpaired) electrons. The van der Waals surface area contributed by atoms with E-state index in [1.807, 2.05) is 85.8 Å². The molecule has 0 aliphatic rings. The van der Waals surface area contributed by atoms with Crippen molar-refractivity contribution in [3.8, 4) is 22.8 Å². The van der Waals surface area contributed by atoms with E-state index in [0.29, 0.717) is 23.0 Å². The summed E-state index contributed by atoms with van der Waals surface area (Å²) in [6.45, 7) is 1.99. The molecule has 4 rings (SSSR count). The Morgan fingerprint density at radius 3 is 2.26 bits per heavy atom. The predicted molar refractivity (Wildman–Crippen MR) is 104 cm³/mol. The second-order valence-corrected chi connectivity index (χ2v) is 6.19. The van der Waals surface area contributed by atoms with E-state index in [9.17, 15) is 4.79 Å². The molecule has 0 saturated heterocycles. The summed E-state index contributed by atoms with van der Waals surface area (Å²) < 4.78 is 5.36. The van der Waals surface area contributed by atoms with Gasteiger partial charge in [-0.1, -0.05) is 53.2 Å². The first-order valence-electron chi connectivity index (χ1n) is 8.57. The third kappa shape index (κ3) is 3.77. The topological polar surface area (TPSA) is 68.0 Å². The standard InChI is InChI=1S/C22H17N3O2/c1-15-7-9-17(10-8-15)21(26)23-19-13-11-18(12-14-19)22-24-20(25-27-22)16-5-3-2-4-6-16/h2-14H,1H3,(H,23,26). The third-order valence-electron chi connectivity index (χ3n) is 4.16. The van der Waals surface area contributed by atoms with Gasteiger partial charge in [0.15, 0.2) is 0 Å². The van der Waals surface area contributed by atoms with Crippen molar-refractivity contribution in [2.24, 2.45) is 0 Å². The average Bonchev–Trinajstić information content (AvgIpc) is 3.20. The number of carbonyl (C=O) groups excluding carboxylic acids is 1. The van der Waals surface area contributed by atoms with Crippen LogP contribution in [0.3, 0.4) is 0 Å². The van der Waals surface area contributed by atoms with Crippen LogP contribution in [-0.4, -0.2) is 16.0 Å². The molecule has 1 amide bonds. The highest BCUT2D eigenvalue weighted by molar-refractivity contribution is 6.04. The Morgan fingerprint density at radius 1 is 0.852 bits per heavy atom. The van der Waals surface area contributed by atoms with Crippen LogP contribution >= 0.6 is 0 Å². The smallest absolute Gasteiger partial charge is 0.258 e. The Labute approximate surface area is 156 Å². The van der Waals surface area contributed by atoms with Gasteiger partial charge in [0.05, 0.1) is 0 Å². The molecule has 1 aromatic heterocycles. The molecule has 0 fully saturated rings. The Balaban J connectivity index is 1.48. The number of carbonyl (C=O) groups is 1. The Hall–Kier alpha value is -3.73. The zero-order valence-electron chi connectivity index (χ0n) is 14.7. The molecule has 5 heteroatoms. The minimum Gasteiger partial charge on any atom is -0.334 e. The van der Waals surface area contributed by atoms with Gasteiger partial charge >= 0.3 is 0 Å². The third-order valence-corrected chi connectivity index (χ3v) is 4.16. The number of aryl methyl sites for hydroxylation is 1.